The molecule has 94 valence electrons. The van der Waals surface area contributed by atoms with E-state index in [1.54, 1.807) is 6.07 Å². The molecule has 1 aromatic rings. The Balaban J connectivity index is 2.00. The summed E-state index contributed by atoms with van der Waals surface area (Å²) in [5, 5.41) is 8.11. The summed E-state index contributed by atoms with van der Waals surface area (Å²) < 4.78 is 22.6. The summed E-state index contributed by atoms with van der Waals surface area (Å²) in [5.74, 6) is 1.11. The SMILES string of the molecule is Nc1nnc(CC2CCS(=O)(=O)CC2)cc1Cl. The van der Waals surface area contributed by atoms with Gasteiger partial charge in [0, 0.05) is 0 Å². The molecule has 0 unspecified atom stereocenters. The van der Waals surface area contributed by atoms with Crippen LogP contribution in [0.1, 0.15) is 18.5 Å². The fourth-order valence-electron chi connectivity index (χ4n) is 1.95. The predicted octanol–water partition coefficient (Wildman–Crippen LogP) is 1.08. The number of rotatable bonds is 2. The van der Waals surface area contributed by atoms with E-state index in [1.165, 1.54) is 0 Å². The first-order valence-electron chi connectivity index (χ1n) is 5.44. The van der Waals surface area contributed by atoms with Crippen LogP contribution >= 0.6 is 11.6 Å². The maximum Gasteiger partial charge on any atom is 0.164 e. The lowest BCUT2D eigenvalue weighted by Gasteiger charge is -2.21. The Bertz CT molecular complexity index is 504. The van der Waals surface area contributed by atoms with E-state index >= 15 is 0 Å². The van der Waals surface area contributed by atoms with Crippen molar-refractivity contribution >= 4 is 27.3 Å². The molecule has 0 spiro atoms. The molecule has 0 amide bonds. The molecule has 2 heterocycles. The smallest absolute Gasteiger partial charge is 0.164 e. The van der Waals surface area contributed by atoms with Crippen LogP contribution in [-0.4, -0.2) is 30.1 Å². The van der Waals surface area contributed by atoms with Gasteiger partial charge in [-0.3, -0.25) is 0 Å². The zero-order chi connectivity index (χ0) is 12.5. The van der Waals surface area contributed by atoms with Gasteiger partial charge in [-0.2, -0.15) is 5.10 Å². The van der Waals surface area contributed by atoms with Crippen molar-refractivity contribution in [2.45, 2.75) is 19.3 Å². The van der Waals surface area contributed by atoms with Gasteiger partial charge >= 0.3 is 0 Å². The van der Waals surface area contributed by atoms with Crippen molar-refractivity contribution in [2.75, 3.05) is 17.2 Å². The number of nitrogens with two attached hydrogens (primary N) is 1. The summed E-state index contributed by atoms with van der Waals surface area (Å²) in [5.41, 5.74) is 6.24. The minimum atomic E-state index is -2.80. The molecule has 1 aliphatic heterocycles. The van der Waals surface area contributed by atoms with Crippen LogP contribution in [0.25, 0.3) is 0 Å². The summed E-state index contributed by atoms with van der Waals surface area (Å²) in [7, 11) is -2.80. The predicted molar refractivity (Wildman–Crippen MR) is 66.5 cm³/mol. The molecule has 1 aliphatic rings. The van der Waals surface area contributed by atoms with Gasteiger partial charge in [-0.05, 0) is 31.2 Å². The van der Waals surface area contributed by atoms with Crippen LogP contribution in [0.2, 0.25) is 5.02 Å². The van der Waals surface area contributed by atoms with Gasteiger partial charge in [0.15, 0.2) is 5.82 Å². The lowest BCUT2D eigenvalue weighted by molar-refractivity contribution is 0.457. The van der Waals surface area contributed by atoms with Gasteiger partial charge in [-0.25, -0.2) is 8.42 Å². The number of nitrogens with zero attached hydrogens (tertiary/aromatic N) is 2. The van der Waals surface area contributed by atoms with E-state index in [-0.39, 0.29) is 17.3 Å². The highest BCUT2D eigenvalue weighted by atomic mass is 35.5. The third kappa shape index (κ3) is 3.29. The van der Waals surface area contributed by atoms with Gasteiger partial charge in [0.25, 0.3) is 0 Å². The van der Waals surface area contributed by atoms with E-state index in [2.05, 4.69) is 10.2 Å². The van der Waals surface area contributed by atoms with E-state index in [0.29, 0.717) is 30.2 Å². The van der Waals surface area contributed by atoms with Gasteiger partial charge in [-0.15, -0.1) is 5.10 Å². The van der Waals surface area contributed by atoms with E-state index in [0.717, 1.165) is 5.69 Å². The summed E-state index contributed by atoms with van der Waals surface area (Å²) in [6, 6.07) is 1.70. The summed E-state index contributed by atoms with van der Waals surface area (Å²) >= 11 is 5.85. The van der Waals surface area contributed by atoms with E-state index in [9.17, 15) is 8.42 Å². The maximum atomic E-state index is 11.3. The van der Waals surface area contributed by atoms with E-state index in [4.69, 9.17) is 17.3 Å². The maximum absolute atomic E-state index is 11.3. The molecule has 1 saturated heterocycles. The van der Waals surface area contributed by atoms with Gasteiger partial charge in [-0.1, -0.05) is 11.6 Å². The van der Waals surface area contributed by atoms with Crippen LogP contribution in [0.15, 0.2) is 6.07 Å². The topological polar surface area (TPSA) is 85.9 Å². The third-order valence-electron chi connectivity index (χ3n) is 3.00. The first kappa shape index (κ1) is 12.6. The molecular weight excluding hydrogens is 262 g/mol. The van der Waals surface area contributed by atoms with Crippen molar-refractivity contribution in [3.05, 3.63) is 16.8 Å². The van der Waals surface area contributed by atoms with Crippen molar-refractivity contribution in [1.29, 1.82) is 0 Å². The summed E-state index contributed by atoms with van der Waals surface area (Å²) in [6.07, 6.45) is 2.08. The Labute approximate surface area is 105 Å². The number of anilines is 1. The number of sulfone groups is 1. The van der Waals surface area contributed by atoms with Crippen LogP contribution in [0.4, 0.5) is 5.82 Å². The molecule has 0 aromatic carbocycles. The number of aromatic nitrogens is 2. The highest BCUT2D eigenvalue weighted by Crippen LogP contribution is 2.24. The first-order valence-corrected chi connectivity index (χ1v) is 7.64. The minimum Gasteiger partial charge on any atom is -0.381 e. The zero-order valence-corrected chi connectivity index (χ0v) is 10.8. The Morgan fingerprint density at radius 2 is 2.00 bits per heavy atom. The standard InChI is InChI=1S/C10H14ClN3O2S/c11-9-6-8(13-14-10(9)12)5-7-1-3-17(15,16)4-2-7/h6-7H,1-5H2,(H2,12,14). The van der Waals surface area contributed by atoms with E-state index < -0.39 is 9.84 Å². The van der Waals surface area contributed by atoms with Crippen molar-refractivity contribution < 1.29 is 8.42 Å². The summed E-state index contributed by atoms with van der Waals surface area (Å²) in [4.78, 5) is 0. The summed E-state index contributed by atoms with van der Waals surface area (Å²) in [6.45, 7) is 0. The molecule has 0 bridgehead atoms. The second-order valence-corrected chi connectivity index (χ2v) is 7.08. The van der Waals surface area contributed by atoms with Crippen molar-refractivity contribution in [3.63, 3.8) is 0 Å². The number of hydrogen-bond acceptors (Lipinski definition) is 5. The molecule has 2 N–H and O–H groups in total. The molecule has 7 heteroatoms. The molecule has 17 heavy (non-hydrogen) atoms. The molecule has 2 rings (SSSR count). The Morgan fingerprint density at radius 1 is 1.35 bits per heavy atom. The molecule has 0 aliphatic carbocycles. The molecular formula is C10H14ClN3O2S. The van der Waals surface area contributed by atoms with Crippen LogP contribution in [0, 0.1) is 5.92 Å². The van der Waals surface area contributed by atoms with Gasteiger partial charge in [0.1, 0.15) is 9.84 Å². The second-order valence-electron chi connectivity index (χ2n) is 4.37. The van der Waals surface area contributed by atoms with Crippen LogP contribution in [0.3, 0.4) is 0 Å². The minimum absolute atomic E-state index is 0.224. The number of nitrogen functional groups attached to an aromatic ring is 1. The van der Waals surface area contributed by atoms with Crippen LogP contribution in [0.5, 0.6) is 0 Å². The zero-order valence-electron chi connectivity index (χ0n) is 9.26. The third-order valence-corrected chi connectivity index (χ3v) is 5.01. The van der Waals surface area contributed by atoms with Crippen molar-refractivity contribution in [3.8, 4) is 0 Å². The number of hydrogen-bond donors (Lipinski definition) is 1. The average molecular weight is 276 g/mol. The van der Waals surface area contributed by atoms with Crippen LogP contribution < -0.4 is 5.73 Å². The highest BCUT2D eigenvalue weighted by Gasteiger charge is 2.24. The lowest BCUT2D eigenvalue weighted by atomic mass is 9.97. The average Bonchev–Trinajstić information content (AvgIpc) is 2.27. The highest BCUT2D eigenvalue weighted by molar-refractivity contribution is 7.91. The van der Waals surface area contributed by atoms with Crippen molar-refractivity contribution in [2.24, 2.45) is 5.92 Å². The largest absolute Gasteiger partial charge is 0.381 e. The molecule has 0 saturated carbocycles. The monoisotopic (exact) mass is 275 g/mol. The van der Waals surface area contributed by atoms with Gasteiger partial charge < -0.3 is 5.73 Å². The first-order chi connectivity index (χ1) is 7.96. The molecule has 0 radical (unpaired) electrons. The normalized spacial score (nSPS) is 20.3. The second kappa shape index (κ2) is 4.78. The fraction of sp³-hybridized carbons (Fsp3) is 0.600. The van der Waals surface area contributed by atoms with Crippen molar-refractivity contribution in [1.82, 2.24) is 10.2 Å². The van der Waals surface area contributed by atoms with Gasteiger partial charge in [0.05, 0.1) is 22.2 Å². The number of halogens is 1. The Morgan fingerprint density at radius 3 is 2.59 bits per heavy atom. The van der Waals surface area contributed by atoms with Gasteiger partial charge in [0.2, 0.25) is 0 Å². The Kier molecular flexibility index (Phi) is 3.53. The quantitative estimate of drug-likeness (QED) is 0.873. The molecule has 0 atom stereocenters. The lowest BCUT2D eigenvalue weighted by Crippen LogP contribution is -2.24. The van der Waals surface area contributed by atoms with E-state index in [1.807, 2.05) is 0 Å². The molecule has 1 aromatic heterocycles. The molecule has 1 fully saturated rings. The molecule has 5 nitrogen and oxygen atoms in total. The van der Waals surface area contributed by atoms with Crippen LogP contribution in [-0.2, 0) is 16.3 Å². The fourth-order valence-corrected chi connectivity index (χ4v) is 3.71. The Hall–Kier alpha value is -0.880.